The standard InChI is InChI=1S/C22H21F2NO7S/c23-17-3-1-15(11-18(17)24)19(26)13-32-22(27)14-5-7-25(8-6-14)33(28,29)16-2-4-20-21(12-16)31-10-9-30-20/h1-4,11-12,14H,5-10,13H2. The van der Waals surface area contributed by atoms with Gasteiger partial charge in [-0.25, -0.2) is 17.2 Å². The molecule has 4 rings (SSSR count). The smallest absolute Gasteiger partial charge is 0.309 e. The van der Waals surface area contributed by atoms with Crippen molar-refractivity contribution in [3.05, 3.63) is 53.6 Å². The predicted molar refractivity (Wildman–Crippen MR) is 111 cm³/mol. The van der Waals surface area contributed by atoms with Gasteiger partial charge in [0.25, 0.3) is 0 Å². The normalized spacial score (nSPS) is 16.9. The molecule has 0 N–H and O–H groups in total. The van der Waals surface area contributed by atoms with Crippen molar-refractivity contribution in [1.29, 1.82) is 0 Å². The zero-order chi connectivity index (χ0) is 23.6. The molecule has 0 aromatic heterocycles. The second-order valence-electron chi connectivity index (χ2n) is 7.64. The molecule has 176 valence electrons. The molecule has 2 heterocycles. The number of carbonyl (C=O) groups excluding carboxylic acids is 2. The Balaban J connectivity index is 1.32. The number of esters is 1. The fraction of sp³-hybridized carbons (Fsp3) is 0.364. The van der Waals surface area contributed by atoms with Gasteiger partial charge in [-0.1, -0.05) is 0 Å². The monoisotopic (exact) mass is 481 g/mol. The van der Waals surface area contributed by atoms with Crippen molar-refractivity contribution in [1.82, 2.24) is 4.31 Å². The number of rotatable bonds is 6. The Kier molecular flexibility index (Phi) is 6.61. The molecular formula is C22H21F2NO7S. The van der Waals surface area contributed by atoms with Crippen LogP contribution in [0.15, 0.2) is 41.3 Å². The summed E-state index contributed by atoms with van der Waals surface area (Å²) in [5, 5.41) is 0. The van der Waals surface area contributed by atoms with Gasteiger partial charge in [-0.2, -0.15) is 4.31 Å². The van der Waals surface area contributed by atoms with Gasteiger partial charge in [-0.05, 0) is 43.2 Å². The van der Waals surface area contributed by atoms with Crippen LogP contribution in [-0.2, 0) is 19.6 Å². The number of sulfonamides is 1. The quantitative estimate of drug-likeness (QED) is 0.462. The van der Waals surface area contributed by atoms with Gasteiger partial charge in [0.15, 0.2) is 35.5 Å². The Morgan fingerprint density at radius 1 is 0.970 bits per heavy atom. The van der Waals surface area contributed by atoms with Gasteiger partial charge in [0.2, 0.25) is 10.0 Å². The lowest BCUT2D eigenvalue weighted by Crippen LogP contribution is -2.40. The zero-order valence-electron chi connectivity index (χ0n) is 17.5. The Hall–Kier alpha value is -3.05. The van der Waals surface area contributed by atoms with Crippen molar-refractivity contribution in [2.24, 2.45) is 5.92 Å². The molecule has 1 saturated heterocycles. The maximum absolute atomic E-state index is 13.3. The van der Waals surface area contributed by atoms with Crippen LogP contribution in [0.3, 0.4) is 0 Å². The first-order valence-electron chi connectivity index (χ1n) is 10.3. The summed E-state index contributed by atoms with van der Waals surface area (Å²) in [5.41, 5.74) is -0.109. The molecule has 0 radical (unpaired) electrons. The number of hydrogen-bond donors (Lipinski definition) is 0. The summed E-state index contributed by atoms with van der Waals surface area (Å²) < 4.78 is 69.4. The first-order valence-corrected chi connectivity index (χ1v) is 11.7. The predicted octanol–water partition coefficient (Wildman–Crippen LogP) is 2.56. The highest BCUT2D eigenvalue weighted by Gasteiger charge is 2.33. The van der Waals surface area contributed by atoms with Crippen LogP contribution in [0.5, 0.6) is 11.5 Å². The molecule has 0 bridgehead atoms. The highest BCUT2D eigenvalue weighted by molar-refractivity contribution is 7.89. The molecule has 2 aromatic carbocycles. The van der Waals surface area contributed by atoms with E-state index in [-0.39, 0.29) is 36.4 Å². The van der Waals surface area contributed by atoms with E-state index in [1.54, 1.807) is 6.07 Å². The van der Waals surface area contributed by atoms with Crippen molar-refractivity contribution in [2.45, 2.75) is 17.7 Å². The van der Waals surface area contributed by atoms with Crippen LogP contribution >= 0.6 is 0 Å². The van der Waals surface area contributed by atoms with Crippen molar-refractivity contribution >= 4 is 21.8 Å². The summed E-state index contributed by atoms with van der Waals surface area (Å²) >= 11 is 0. The maximum atomic E-state index is 13.3. The van der Waals surface area contributed by atoms with E-state index in [0.717, 1.165) is 18.2 Å². The number of carbonyl (C=O) groups is 2. The molecule has 0 unspecified atom stereocenters. The molecular weight excluding hydrogens is 460 g/mol. The maximum Gasteiger partial charge on any atom is 0.309 e. The average Bonchev–Trinajstić information content (AvgIpc) is 2.83. The van der Waals surface area contributed by atoms with Gasteiger partial charge in [0.1, 0.15) is 13.2 Å². The average molecular weight is 481 g/mol. The van der Waals surface area contributed by atoms with Crippen LogP contribution in [0.25, 0.3) is 0 Å². The molecule has 0 aliphatic carbocycles. The molecule has 1 fully saturated rings. The lowest BCUT2D eigenvalue weighted by molar-refractivity contribution is -0.148. The van der Waals surface area contributed by atoms with Gasteiger partial charge in [0, 0.05) is 24.7 Å². The largest absolute Gasteiger partial charge is 0.486 e. The van der Waals surface area contributed by atoms with Gasteiger partial charge < -0.3 is 14.2 Å². The third-order valence-corrected chi connectivity index (χ3v) is 7.42. The van der Waals surface area contributed by atoms with Gasteiger partial charge in [-0.3, -0.25) is 9.59 Å². The number of Topliss-reactive ketones (excluding diaryl/α,β-unsaturated/α-hetero) is 1. The molecule has 0 amide bonds. The molecule has 2 aliphatic rings. The van der Waals surface area contributed by atoms with E-state index in [2.05, 4.69) is 0 Å². The van der Waals surface area contributed by atoms with Gasteiger partial charge >= 0.3 is 5.97 Å². The number of halogens is 2. The van der Waals surface area contributed by atoms with Crippen LogP contribution in [0.1, 0.15) is 23.2 Å². The number of hydrogen-bond acceptors (Lipinski definition) is 7. The third kappa shape index (κ3) is 4.98. The fourth-order valence-corrected chi connectivity index (χ4v) is 5.16. The molecule has 33 heavy (non-hydrogen) atoms. The number of fused-ring (bicyclic) bond motifs is 1. The van der Waals surface area contributed by atoms with E-state index < -0.39 is 45.9 Å². The van der Waals surface area contributed by atoms with Crippen LogP contribution < -0.4 is 9.47 Å². The second kappa shape index (κ2) is 9.44. The Morgan fingerprint density at radius 3 is 2.36 bits per heavy atom. The lowest BCUT2D eigenvalue weighted by atomic mass is 9.98. The van der Waals surface area contributed by atoms with E-state index in [1.165, 1.54) is 16.4 Å². The minimum atomic E-state index is -3.79. The van der Waals surface area contributed by atoms with E-state index in [1.807, 2.05) is 0 Å². The molecule has 8 nitrogen and oxygen atoms in total. The number of benzene rings is 2. The number of nitrogens with zero attached hydrogens (tertiary/aromatic N) is 1. The van der Waals surface area contributed by atoms with Crippen molar-refractivity contribution < 1.29 is 41.0 Å². The highest BCUT2D eigenvalue weighted by atomic mass is 32.2. The summed E-state index contributed by atoms with van der Waals surface area (Å²) in [6.45, 7) is 0.332. The van der Waals surface area contributed by atoms with E-state index in [0.29, 0.717) is 24.7 Å². The third-order valence-electron chi connectivity index (χ3n) is 5.53. The molecule has 11 heteroatoms. The number of ether oxygens (including phenoxy) is 3. The summed E-state index contributed by atoms with van der Waals surface area (Å²) in [6, 6.07) is 7.10. The molecule has 2 aromatic rings. The summed E-state index contributed by atoms with van der Waals surface area (Å²) in [4.78, 5) is 24.5. The molecule has 2 aliphatic heterocycles. The first-order chi connectivity index (χ1) is 15.8. The summed E-state index contributed by atoms with van der Waals surface area (Å²) in [5.74, 6) is -3.27. The Labute approximate surface area is 189 Å². The minimum Gasteiger partial charge on any atom is -0.486 e. The molecule has 0 atom stereocenters. The first kappa shape index (κ1) is 23.1. The number of piperidine rings is 1. The number of ketones is 1. The SMILES string of the molecule is O=C(COC(=O)C1CCN(S(=O)(=O)c2ccc3c(c2)OCCO3)CC1)c1ccc(F)c(F)c1. The zero-order valence-corrected chi connectivity index (χ0v) is 18.3. The fourth-order valence-electron chi connectivity index (χ4n) is 3.67. The van der Waals surface area contributed by atoms with Gasteiger partial charge in [-0.15, -0.1) is 0 Å². The highest BCUT2D eigenvalue weighted by Crippen LogP contribution is 2.34. The molecule has 0 spiro atoms. The van der Waals surface area contributed by atoms with Crippen molar-refractivity contribution in [3.63, 3.8) is 0 Å². The summed E-state index contributed by atoms with van der Waals surface area (Å²) in [7, 11) is -3.79. The Bertz CT molecular complexity index is 1180. The minimum absolute atomic E-state index is 0.0740. The van der Waals surface area contributed by atoms with Crippen LogP contribution in [0, 0.1) is 17.6 Å². The van der Waals surface area contributed by atoms with Crippen LogP contribution in [0.4, 0.5) is 8.78 Å². The topological polar surface area (TPSA) is 99.2 Å². The van der Waals surface area contributed by atoms with Crippen LogP contribution in [0.2, 0.25) is 0 Å². The van der Waals surface area contributed by atoms with Crippen molar-refractivity contribution in [3.8, 4) is 11.5 Å². The second-order valence-corrected chi connectivity index (χ2v) is 9.58. The van der Waals surface area contributed by atoms with Crippen molar-refractivity contribution in [2.75, 3.05) is 32.9 Å². The van der Waals surface area contributed by atoms with E-state index >= 15 is 0 Å². The Morgan fingerprint density at radius 2 is 1.67 bits per heavy atom. The van der Waals surface area contributed by atoms with E-state index in [4.69, 9.17) is 14.2 Å². The summed E-state index contributed by atoms with van der Waals surface area (Å²) in [6.07, 6.45) is 0.448. The lowest BCUT2D eigenvalue weighted by Gasteiger charge is -2.30. The molecule has 0 saturated carbocycles. The van der Waals surface area contributed by atoms with Crippen LogP contribution in [-0.4, -0.2) is 57.4 Å². The van der Waals surface area contributed by atoms with E-state index in [9.17, 15) is 26.8 Å². The van der Waals surface area contributed by atoms with Gasteiger partial charge in [0.05, 0.1) is 10.8 Å².